The molecule has 1 unspecified atom stereocenters. The van der Waals surface area contributed by atoms with Gasteiger partial charge < -0.3 is 5.32 Å². The molecule has 1 aliphatic heterocycles. The minimum absolute atomic E-state index is 0.438. The third kappa shape index (κ3) is 2.01. The van der Waals surface area contributed by atoms with Gasteiger partial charge in [-0.15, -0.1) is 0 Å². The van der Waals surface area contributed by atoms with E-state index >= 15 is 0 Å². The van der Waals surface area contributed by atoms with Gasteiger partial charge in [-0.1, -0.05) is 48.9 Å². The SMILES string of the molecule is CCc1ccc2c(c1)CC(c1ccc(C)cc1)N2. The maximum Gasteiger partial charge on any atom is 0.0555 e. The van der Waals surface area contributed by atoms with Gasteiger partial charge in [0.25, 0.3) is 0 Å². The third-order valence-corrected chi connectivity index (χ3v) is 3.81. The first-order valence-electron chi connectivity index (χ1n) is 6.71. The summed E-state index contributed by atoms with van der Waals surface area (Å²) in [5.74, 6) is 0. The minimum atomic E-state index is 0.438. The third-order valence-electron chi connectivity index (χ3n) is 3.81. The van der Waals surface area contributed by atoms with Gasteiger partial charge in [0.1, 0.15) is 0 Å². The van der Waals surface area contributed by atoms with Crippen molar-refractivity contribution in [2.75, 3.05) is 5.32 Å². The molecule has 3 rings (SSSR count). The first kappa shape index (κ1) is 11.3. The number of aryl methyl sites for hydroxylation is 2. The first-order valence-corrected chi connectivity index (χ1v) is 6.71. The van der Waals surface area contributed by atoms with Crippen LogP contribution < -0.4 is 5.32 Å². The van der Waals surface area contributed by atoms with Crippen LogP contribution in [0.15, 0.2) is 42.5 Å². The average molecular weight is 237 g/mol. The number of nitrogens with one attached hydrogen (secondary N) is 1. The standard InChI is InChI=1S/C17H19N/c1-3-13-6-9-16-15(10-13)11-17(18-16)14-7-4-12(2)5-8-14/h4-10,17-18H,3,11H2,1-2H3. The van der Waals surface area contributed by atoms with E-state index in [1.54, 1.807) is 0 Å². The van der Waals surface area contributed by atoms with Crippen molar-refractivity contribution in [3.8, 4) is 0 Å². The van der Waals surface area contributed by atoms with Crippen molar-refractivity contribution in [3.05, 3.63) is 64.7 Å². The van der Waals surface area contributed by atoms with Gasteiger partial charge in [-0.2, -0.15) is 0 Å². The number of benzene rings is 2. The quantitative estimate of drug-likeness (QED) is 0.822. The van der Waals surface area contributed by atoms with Crippen LogP contribution in [0.3, 0.4) is 0 Å². The Balaban J connectivity index is 1.86. The Bertz CT molecular complexity index is 554. The van der Waals surface area contributed by atoms with Crippen molar-refractivity contribution in [2.24, 2.45) is 0 Å². The van der Waals surface area contributed by atoms with E-state index in [0.717, 1.165) is 12.8 Å². The average Bonchev–Trinajstić information content (AvgIpc) is 2.82. The molecule has 0 fully saturated rings. The van der Waals surface area contributed by atoms with E-state index in [9.17, 15) is 0 Å². The molecule has 1 nitrogen and oxygen atoms in total. The van der Waals surface area contributed by atoms with Gasteiger partial charge in [0.2, 0.25) is 0 Å². The normalized spacial score (nSPS) is 17.3. The Hall–Kier alpha value is -1.76. The molecule has 92 valence electrons. The zero-order valence-electron chi connectivity index (χ0n) is 11.0. The molecular formula is C17H19N. The summed E-state index contributed by atoms with van der Waals surface area (Å²) in [6.07, 6.45) is 2.22. The van der Waals surface area contributed by atoms with E-state index in [0.29, 0.717) is 6.04 Å². The molecule has 0 radical (unpaired) electrons. The maximum atomic E-state index is 3.62. The summed E-state index contributed by atoms with van der Waals surface area (Å²) in [5.41, 5.74) is 6.90. The number of anilines is 1. The summed E-state index contributed by atoms with van der Waals surface area (Å²) in [4.78, 5) is 0. The molecule has 1 atom stereocenters. The minimum Gasteiger partial charge on any atom is -0.378 e. The summed E-state index contributed by atoms with van der Waals surface area (Å²) in [5, 5.41) is 3.62. The molecule has 2 aromatic carbocycles. The number of fused-ring (bicyclic) bond motifs is 1. The molecule has 1 heterocycles. The fraction of sp³-hybridized carbons (Fsp3) is 0.294. The Morgan fingerprint density at radius 1 is 1.11 bits per heavy atom. The summed E-state index contributed by atoms with van der Waals surface area (Å²) >= 11 is 0. The Morgan fingerprint density at radius 2 is 1.89 bits per heavy atom. The van der Waals surface area contributed by atoms with Crippen LogP contribution in [0, 0.1) is 6.92 Å². The van der Waals surface area contributed by atoms with Crippen LogP contribution in [0.1, 0.15) is 35.2 Å². The lowest BCUT2D eigenvalue weighted by Gasteiger charge is -2.11. The topological polar surface area (TPSA) is 12.0 Å². The van der Waals surface area contributed by atoms with E-state index in [4.69, 9.17) is 0 Å². The van der Waals surface area contributed by atoms with Gasteiger partial charge in [-0.3, -0.25) is 0 Å². The second kappa shape index (κ2) is 4.49. The molecular weight excluding hydrogens is 218 g/mol. The monoisotopic (exact) mass is 237 g/mol. The van der Waals surface area contributed by atoms with Crippen molar-refractivity contribution in [3.63, 3.8) is 0 Å². The van der Waals surface area contributed by atoms with Crippen molar-refractivity contribution >= 4 is 5.69 Å². The van der Waals surface area contributed by atoms with Gasteiger partial charge in [0.05, 0.1) is 6.04 Å². The fourth-order valence-corrected chi connectivity index (χ4v) is 2.64. The van der Waals surface area contributed by atoms with Gasteiger partial charge in [0, 0.05) is 5.69 Å². The lowest BCUT2D eigenvalue weighted by Crippen LogP contribution is -2.05. The molecule has 0 aliphatic carbocycles. The van der Waals surface area contributed by atoms with Gasteiger partial charge in [-0.05, 0) is 42.5 Å². The van der Waals surface area contributed by atoms with Gasteiger partial charge in [-0.25, -0.2) is 0 Å². The van der Waals surface area contributed by atoms with Crippen molar-refractivity contribution in [1.29, 1.82) is 0 Å². The zero-order chi connectivity index (χ0) is 12.5. The lowest BCUT2D eigenvalue weighted by atomic mass is 10.0. The van der Waals surface area contributed by atoms with Gasteiger partial charge in [0.15, 0.2) is 0 Å². The van der Waals surface area contributed by atoms with Crippen LogP contribution in [0.5, 0.6) is 0 Å². The molecule has 1 aliphatic rings. The molecule has 0 saturated carbocycles. The van der Waals surface area contributed by atoms with E-state index in [2.05, 4.69) is 61.6 Å². The highest BCUT2D eigenvalue weighted by Gasteiger charge is 2.21. The summed E-state index contributed by atoms with van der Waals surface area (Å²) in [7, 11) is 0. The fourth-order valence-electron chi connectivity index (χ4n) is 2.64. The summed E-state index contributed by atoms with van der Waals surface area (Å²) < 4.78 is 0. The molecule has 0 spiro atoms. The van der Waals surface area contributed by atoms with Crippen LogP contribution in [-0.2, 0) is 12.8 Å². The van der Waals surface area contributed by atoms with E-state index in [1.807, 2.05) is 0 Å². The Morgan fingerprint density at radius 3 is 2.61 bits per heavy atom. The first-order chi connectivity index (χ1) is 8.76. The lowest BCUT2D eigenvalue weighted by molar-refractivity contribution is 0.823. The Kier molecular flexibility index (Phi) is 2.83. The molecule has 1 N–H and O–H groups in total. The van der Waals surface area contributed by atoms with E-state index in [-0.39, 0.29) is 0 Å². The molecule has 0 aromatic heterocycles. The smallest absolute Gasteiger partial charge is 0.0555 e. The van der Waals surface area contributed by atoms with Crippen molar-refractivity contribution in [1.82, 2.24) is 0 Å². The maximum absolute atomic E-state index is 3.62. The highest BCUT2D eigenvalue weighted by Crippen LogP contribution is 2.34. The van der Waals surface area contributed by atoms with Crippen molar-refractivity contribution < 1.29 is 0 Å². The zero-order valence-corrected chi connectivity index (χ0v) is 11.0. The highest BCUT2D eigenvalue weighted by molar-refractivity contribution is 5.59. The number of rotatable bonds is 2. The summed E-state index contributed by atoms with van der Waals surface area (Å²) in [6, 6.07) is 16.1. The number of hydrogen-bond acceptors (Lipinski definition) is 1. The van der Waals surface area contributed by atoms with Gasteiger partial charge >= 0.3 is 0 Å². The van der Waals surface area contributed by atoms with Crippen LogP contribution >= 0.6 is 0 Å². The highest BCUT2D eigenvalue weighted by atomic mass is 14.9. The molecule has 18 heavy (non-hydrogen) atoms. The molecule has 0 saturated heterocycles. The summed E-state index contributed by atoms with van der Waals surface area (Å²) in [6.45, 7) is 4.34. The predicted molar refractivity (Wildman–Crippen MR) is 77.1 cm³/mol. The predicted octanol–water partition coefficient (Wildman–Crippen LogP) is 4.27. The van der Waals surface area contributed by atoms with E-state index < -0.39 is 0 Å². The second-order valence-electron chi connectivity index (χ2n) is 5.16. The molecule has 0 amide bonds. The van der Waals surface area contributed by atoms with E-state index in [1.165, 1.54) is 27.9 Å². The van der Waals surface area contributed by atoms with Crippen LogP contribution in [0.25, 0.3) is 0 Å². The van der Waals surface area contributed by atoms with Crippen LogP contribution in [0.2, 0.25) is 0 Å². The van der Waals surface area contributed by atoms with Crippen LogP contribution in [-0.4, -0.2) is 0 Å². The Labute approximate surface area is 109 Å². The second-order valence-corrected chi connectivity index (χ2v) is 5.16. The molecule has 0 bridgehead atoms. The molecule has 1 heteroatoms. The van der Waals surface area contributed by atoms with Crippen molar-refractivity contribution in [2.45, 2.75) is 32.7 Å². The number of hydrogen-bond donors (Lipinski definition) is 1. The largest absolute Gasteiger partial charge is 0.378 e. The van der Waals surface area contributed by atoms with Crippen LogP contribution in [0.4, 0.5) is 5.69 Å². The molecule has 2 aromatic rings.